The Balaban J connectivity index is 2.09. The minimum atomic E-state index is 0.416. The Hall–Kier alpha value is -2.01. The van der Waals surface area contributed by atoms with E-state index < -0.39 is 0 Å². The minimum Gasteiger partial charge on any atom is -0.493 e. The first kappa shape index (κ1) is 15.4. The molecule has 0 bridgehead atoms. The molecule has 5 heteroatoms. The van der Waals surface area contributed by atoms with Gasteiger partial charge in [0.25, 0.3) is 0 Å². The van der Waals surface area contributed by atoms with Crippen molar-refractivity contribution in [1.29, 1.82) is 0 Å². The number of hydrogen-bond donors (Lipinski definition) is 1. The predicted molar refractivity (Wildman–Crippen MR) is 80.7 cm³/mol. The van der Waals surface area contributed by atoms with Crippen LogP contribution in [0.1, 0.15) is 29.0 Å². The van der Waals surface area contributed by atoms with Crippen molar-refractivity contribution in [3.05, 3.63) is 40.8 Å². The monoisotopic (exact) mass is 290 g/mol. The van der Waals surface area contributed by atoms with E-state index in [-0.39, 0.29) is 0 Å². The molecule has 0 fully saturated rings. The molecule has 0 aliphatic rings. The molecule has 2 aromatic rings. The number of methoxy groups -OCH3 is 1. The van der Waals surface area contributed by atoms with Gasteiger partial charge in [0.05, 0.1) is 18.4 Å². The number of benzene rings is 1. The SMILES string of the molecule is COc1cc(CCCN)ccc1OCc1c(C)noc1C. The average Bonchev–Trinajstić information content (AvgIpc) is 2.82. The molecule has 0 radical (unpaired) electrons. The smallest absolute Gasteiger partial charge is 0.161 e. The summed E-state index contributed by atoms with van der Waals surface area (Å²) in [6.07, 6.45) is 1.90. The van der Waals surface area contributed by atoms with Gasteiger partial charge in [0.2, 0.25) is 0 Å². The van der Waals surface area contributed by atoms with Crippen LogP contribution in [0, 0.1) is 13.8 Å². The zero-order chi connectivity index (χ0) is 15.2. The normalized spacial score (nSPS) is 10.7. The highest BCUT2D eigenvalue weighted by Gasteiger charge is 2.12. The van der Waals surface area contributed by atoms with E-state index in [2.05, 4.69) is 5.16 Å². The second-order valence-electron chi connectivity index (χ2n) is 4.97. The Labute approximate surface area is 125 Å². The first-order chi connectivity index (χ1) is 10.2. The molecular formula is C16H22N2O3. The van der Waals surface area contributed by atoms with Crippen molar-refractivity contribution in [2.75, 3.05) is 13.7 Å². The van der Waals surface area contributed by atoms with Crippen LogP contribution >= 0.6 is 0 Å². The molecule has 0 aliphatic heterocycles. The Morgan fingerprint density at radius 3 is 2.67 bits per heavy atom. The van der Waals surface area contributed by atoms with Gasteiger partial charge in [0, 0.05) is 0 Å². The summed E-state index contributed by atoms with van der Waals surface area (Å²) in [5, 5.41) is 3.92. The fourth-order valence-corrected chi connectivity index (χ4v) is 2.15. The van der Waals surface area contributed by atoms with Gasteiger partial charge in [-0.2, -0.15) is 0 Å². The van der Waals surface area contributed by atoms with Crippen LogP contribution in [0.15, 0.2) is 22.7 Å². The molecule has 0 saturated carbocycles. The summed E-state index contributed by atoms with van der Waals surface area (Å²) in [4.78, 5) is 0. The Kier molecular flexibility index (Phi) is 5.22. The number of ether oxygens (including phenoxy) is 2. The van der Waals surface area contributed by atoms with Crippen LogP contribution in [0.4, 0.5) is 0 Å². The van der Waals surface area contributed by atoms with Crippen LogP contribution in [0.25, 0.3) is 0 Å². The first-order valence-corrected chi connectivity index (χ1v) is 7.07. The Morgan fingerprint density at radius 1 is 1.24 bits per heavy atom. The van der Waals surface area contributed by atoms with Crippen LogP contribution in [0.5, 0.6) is 11.5 Å². The third-order valence-corrected chi connectivity index (χ3v) is 3.45. The van der Waals surface area contributed by atoms with E-state index in [1.54, 1.807) is 7.11 Å². The molecule has 2 N–H and O–H groups in total. The highest BCUT2D eigenvalue weighted by atomic mass is 16.5. The number of rotatable bonds is 7. The van der Waals surface area contributed by atoms with E-state index in [1.165, 1.54) is 5.56 Å². The van der Waals surface area contributed by atoms with Crippen molar-refractivity contribution in [2.45, 2.75) is 33.3 Å². The molecule has 0 unspecified atom stereocenters. The van der Waals surface area contributed by atoms with E-state index >= 15 is 0 Å². The van der Waals surface area contributed by atoms with Gasteiger partial charge in [-0.05, 0) is 50.9 Å². The zero-order valence-electron chi connectivity index (χ0n) is 12.8. The van der Waals surface area contributed by atoms with E-state index in [0.29, 0.717) is 18.9 Å². The van der Waals surface area contributed by atoms with Crippen molar-refractivity contribution in [3.63, 3.8) is 0 Å². The Bertz CT molecular complexity index is 574. The summed E-state index contributed by atoms with van der Waals surface area (Å²) in [6, 6.07) is 5.97. The van der Waals surface area contributed by atoms with Crippen LogP contribution in [-0.4, -0.2) is 18.8 Å². The van der Waals surface area contributed by atoms with Gasteiger partial charge < -0.3 is 19.7 Å². The maximum Gasteiger partial charge on any atom is 0.161 e. The fraction of sp³-hybridized carbons (Fsp3) is 0.438. The number of nitrogens with zero attached hydrogens (tertiary/aromatic N) is 1. The lowest BCUT2D eigenvalue weighted by atomic mass is 10.1. The first-order valence-electron chi connectivity index (χ1n) is 7.07. The summed E-state index contributed by atoms with van der Waals surface area (Å²) in [6.45, 7) is 4.89. The largest absolute Gasteiger partial charge is 0.493 e. The number of aromatic nitrogens is 1. The lowest BCUT2D eigenvalue weighted by Crippen LogP contribution is -2.02. The molecule has 2 rings (SSSR count). The van der Waals surface area contributed by atoms with Crippen molar-refractivity contribution < 1.29 is 14.0 Å². The van der Waals surface area contributed by atoms with Crippen LogP contribution in [-0.2, 0) is 13.0 Å². The minimum absolute atomic E-state index is 0.416. The zero-order valence-corrected chi connectivity index (χ0v) is 12.8. The summed E-state index contributed by atoms with van der Waals surface area (Å²) < 4.78 is 16.4. The third-order valence-electron chi connectivity index (χ3n) is 3.45. The molecule has 0 saturated heterocycles. The summed E-state index contributed by atoms with van der Waals surface area (Å²) in [7, 11) is 1.64. The number of aryl methyl sites for hydroxylation is 3. The third kappa shape index (κ3) is 3.76. The summed E-state index contributed by atoms with van der Waals surface area (Å²) in [5.74, 6) is 2.23. The number of hydrogen-bond acceptors (Lipinski definition) is 5. The Morgan fingerprint density at radius 2 is 2.05 bits per heavy atom. The molecule has 0 spiro atoms. The molecule has 0 atom stereocenters. The van der Waals surface area contributed by atoms with Gasteiger partial charge in [-0.1, -0.05) is 11.2 Å². The van der Waals surface area contributed by atoms with Gasteiger partial charge in [-0.3, -0.25) is 0 Å². The topological polar surface area (TPSA) is 70.5 Å². The van der Waals surface area contributed by atoms with Gasteiger partial charge in [0.1, 0.15) is 12.4 Å². The molecule has 1 aromatic carbocycles. The van der Waals surface area contributed by atoms with Gasteiger partial charge in [0.15, 0.2) is 11.5 Å². The second-order valence-corrected chi connectivity index (χ2v) is 4.97. The summed E-state index contributed by atoms with van der Waals surface area (Å²) >= 11 is 0. The molecular weight excluding hydrogens is 268 g/mol. The maximum absolute atomic E-state index is 5.84. The number of nitrogens with two attached hydrogens (primary N) is 1. The van der Waals surface area contributed by atoms with E-state index in [1.807, 2.05) is 32.0 Å². The van der Waals surface area contributed by atoms with Gasteiger partial charge in [-0.15, -0.1) is 0 Å². The molecule has 21 heavy (non-hydrogen) atoms. The van der Waals surface area contributed by atoms with E-state index in [0.717, 1.165) is 35.6 Å². The van der Waals surface area contributed by atoms with Crippen molar-refractivity contribution >= 4 is 0 Å². The van der Waals surface area contributed by atoms with Crippen LogP contribution in [0.2, 0.25) is 0 Å². The lowest BCUT2D eigenvalue weighted by molar-refractivity contribution is 0.281. The predicted octanol–water partition coefficient (Wildman–Crippen LogP) is 2.77. The van der Waals surface area contributed by atoms with Crippen LogP contribution < -0.4 is 15.2 Å². The van der Waals surface area contributed by atoms with Crippen molar-refractivity contribution in [3.8, 4) is 11.5 Å². The molecule has 1 heterocycles. The standard InChI is InChI=1S/C16H22N2O3/c1-11-14(12(2)21-18-11)10-20-15-7-6-13(5-4-8-17)9-16(15)19-3/h6-7,9H,4-5,8,10,17H2,1-3H3. The fourth-order valence-electron chi connectivity index (χ4n) is 2.15. The lowest BCUT2D eigenvalue weighted by Gasteiger charge is -2.12. The molecule has 1 aromatic heterocycles. The van der Waals surface area contributed by atoms with E-state index in [9.17, 15) is 0 Å². The van der Waals surface area contributed by atoms with Crippen molar-refractivity contribution in [2.24, 2.45) is 5.73 Å². The summed E-state index contributed by atoms with van der Waals surface area (Å²) in [5.41, 5.74) is 8.56. The molecule has 0 aliphatic carbocycles. The average molecular weight is 290 g/mol. The molecule has 0 amide bonds. The van der Waals surface area contributed by atoms with Gasteiger partial charge in [-0.25, -0.2) is 0 Å². The van der Waals surface area contributed by atoms with Crippen molar-refractivity contribution in [1.82, 2.24) is 5.16 Å². The second kappa shape index (κ2) is 7.13. The molecule has 114 valence electrons. The molecule has 5 nitrogen and oxygen atoms in total. The van der Waals surface area contributed by atoms with Crippen LogP contribution in [0.3, 0.4) is 0 Å². The van der Waals surface area contributed by atoms with Gasteiger partial charge >= 0.3 is 0 Å². The quantitative estimate of drug-likeness (QED) is 0.849. The van der Waals surface area contributed by atoms with E-state index in [4.69, 9.17) is 19.7 Å². The highest BCUT2D eigenvalue weighted by Crippen LogP contribution is 2.29. The maximum atomic E-state index is 5.84. The highest BCUT2D eigenvalue weighted by molar-refractivity contribution is 5.43.